The van der Waals surface area contributed by atoms with Gasteiger partial charge in [0.25, 0.3) is 15.9 Å². The maximum Gasteiger partial charge on any atom is 0.262 e. The quantitative estimate of drug-likeness (QED) is 0.547. The minimum absolute atomic E-state index is 0.0237. The number of amides is 1. The summed E-state index contributed by atoms with van der Waals surface area (Å²) in [6.45, 7) is 9.78. The van der Waals surface area contributed by atoms with Gasteiger partial charge in [0.05, 0.1) is 4.90 Å². The van der Waals surface area contributed by atoms with Crippen molar-refractivity contribution >= 4 is 21.6 Å². The number of fused-ring (bicyclic) bond motifs is 1. The minimum atomic E-state index is -3.83. The molecule has 0 fully saturated rings. The third kappa shape index (κ3) is 5.70. The van der Waals surface area contributed by atoms with E-state index in [-0.39, 0.29) is 22.3 Å². The van der Waals surface area contributed by atoms with Crippen LogP contribution in [0.1, 0.15) is 65.8 Å². The Morgan fingerprint density at radius 2 is 1.86 bits per heavy atom. The lowest BCUT2D eigenvalue weighted by Crippen LogP contribution is -2.39. The Bertz CT molecular complexity index is 1380. The first-order valence-corrected chi connectivity index (χ1v) is 13.3. The number of sulfonamides is 1. The largest absolute Gasteiger partial charge is 0.349 e. The Labute approximate surface area is 207 Å². The fourth-order valence-corrected chi connectivity index (χ4v) is 5.61. The van der Waals surface area contributed by atoms with Crippen molar-refractivity contribution in [1.82, 2.24) is 15.3 Å². The second-order valence-corrected chi connectivity index (χ2v) is 11.9. The number of rotatable bonds is 5. The van der Waals surface area contributed by atoms with Gasteiger partial charge in [-0.25, -0.2) is 18.4 Å². The van der Waals surface area contributed by atoms with E-state index in [4.69, 9.17) is 0 Å². The molecule has 0 aliphatic heterocycles. The van der Waals surface area contributed by atoms with Gasteiger partial charge in [-0.1, -0.05) is 39.0 Å². The number of carbonyl (C=O) groups is 1. The number of hydrogen-bond donors (Lipinski definition) is 2. The molecule has 2 aromatic carbocycles. The molecule has 1 heterocycles. The first-order valence-electron chi connectivity index (χ1n) is 11.8. The second kappa shape index (κ2) is 9.41. The summed E-state index contributed by atoms with van der Waals surface area (Å²) in [6, 6.07) is 12.1. The van der Waals surface area contributed by atoms with Gasteiger partial charge in [-0.15, -0.1) is 0 Å². The monoisotopic (exact) mass is 492 g/mol. The second-order valence-electron chi connectivity index (χ2n) is 10.2. The molecule has 2 N–H and O–H groups in total. The van der Waals surface area contributed by atoms with Crippen LogP contribution in [0.4, 0.5) is 5.69 Å². The molecule has 184 valence electrons. The Morgan fingerprint density at radius 1 is 1.09 bits per heavy atom. The number of aryl methyl sites for hydroxylation is 3. The molecule has 1 aliphatic carbocycles. The lowest BCUT2D eigenvalue weighted by molar-refractivity contribution is 0.0933. The van der Waals surface area contributed by atoms with Gasteiger partial charge in [0, 0.05) is 29.2 Å². The molecule has 0 saturated carbocycles. The van der Waals surface area contributed by atoms with Crippen LogP contribution in [-0.4, -0.2) is 30.3 Å². The molecule has 1 amide bonds. The number of anilines is 1. The van der Waals surface area contributed by atoms with E-state index in [1.807, 2.05) is 46.0 Å². The first kappa shape index (κ1) is 24.9. The Kier molecular flexibility index (Phi) is 6.68. The Balaban J connectivity index is 1.49. The van der Waals surface area contributed by atoms with E-state index in [2.05, 4.69) is 20.0 Å². The average molecular weight is 493 g/mol. The van der Waals surface area contributed by atoms with Crippen molar-refractivity contribution in [2.45, 2.75) is 70.2 Å². The molecule has 1 atom stereocenters. The molecule has 0 spiro atoms. The molecule has 8 heteroatoms. The Morgan fingerprint density at radius 3 is 2.60 bits per heavy atom. The van der Waals surface area contributed by atoms with Gasteiger partial charge < -0.3 is 5.32 Å². The highest BCUT2D eigenvalue weighted by atomic mass is 32.2. The summed E-state index contributed by atoms with van der Waals surface area (Å²) < 4.78 is 29.1. The maximum absolute atomic E-state index is 13.2. The van der Waals surface area contributed by atoms with Crippen LogP contribution in [0, 0.1) is 13.8 Å². The van der Waals surface area contributed by atoms with Crippen LogP contribution >= 0.6 is 0 Å². The van der Waals surface area contributed by atoms with Crippen LogP contribution < -0.4 is 10.0 Å². The first-order chi connectivity index (χ1) is 16.4. The summed E-state index contributed by atoms with van der Waals surface area (Å²) >= 11 is 0. The van der Waals surface area contributed by atoms with E-state index in [9.17, 15) is 13.2 Å². The molecular weight excluding hydrogens is 460 g/mol. The Hall–Kier alpha value is -3.26. The van der Waals surface area contributed by atoms with E-state index >= 15 is 0 Å². The standard InChI is InChI=1S/C27H32N4O3S/c1-17-9-10-21(27(3,4)5)15-25(17)35(33,34)31-23-8-6-7-19(13-23)26(32)30-22-11-12-24-20(14-22)16-28-18(2)29-24/h6-10,13,15-16,22,31H,11-12,14H2,1-5H3,(H,30,32)/t22-/m0/s1. The number of nitrogens with zero attached hydrogens (tertiary/aromatic N) is 2. The number of nitrogens with one attached hydrogen (secondary N) is 2. The zero-order valence-corrected chi connectivity index (χ0v) is 21.7. The molecule has 7 nitrogen and oxygen atoms in total. The molecule has 1 aliphatic rings. The van der Waals surface area contributed by atoms with E-state index in [0.717, 1.165) is 35.5 Å². The zero-order valence-electron chi connectivity index (χ0n) is 20.8. The van der Waals surface area contributed by atoms with Crippen molar-refractivity contribution in [3.8, 4) is 0 Å². The number of benzene rings is 2. The van der Waals surface area contributed by atoms with Crippen LogP contribution in [0.25, 0.3) is 0 Å². The van der Waals surface area contributed by atoms with Crippen LogP contribution in [0.2, 0.25) is 0 Å². The van der Waals surface area contributed by atoms with E-state index in [0.29, 0.717) is 23.2 Å². The van der Waals surface area contributed by atoms with Crippen molar-refractivity contribution in [2.24, 2.45) is 0 Å². The van der Waals surface area contributed by atoms with Gasteiger partial charge in [-0.3, -0.25) is 9.52 Å². The third-order valence-corrected chi connectivity index (χ3v) is 7.85. The molecule has 0 unspecified atom stereocenters. The van der Waals surface area contributed by atoms with Crippen LogP contribution in [0.15, 0.2) is 53.6 Å². The van der Waals surface area contributed by atoms with Crippen LogP contribution in [0.5, 0.6) is 0 Å². The summed E-state index contributed by atoms with van der Waals surface area (Å²) in [5.74, 6) is 0.518. The van der Waals surface area contributed by atoms with Crippen molar-refractivity contribution in [3.63, 3.8) is 0 Å². The van der Waals surface area contributed by atoms with Crippen LogP contribution in [-0.2, 0) is 28.3 Å². The van der Waals surface area contributed by atoms with Crippen molar-refractivity contribution in [1.29, 1.82) is 0 Å². The highest BCUT2D eigenvalue weighted by molar-refractivity contribution is 7.92. The number of aromatic nitrogens is 2. The summed E-state index contributed by atoms with van der Waals surface area (Å²) in [5, 5.41) is 3.07. The summed E-state index contributed by atoms with van der Waals surface area (Å²) in [4.78, 5) is 22.0. The number of carbonyl (C=O) groups excluding carboxylic acids is 1. The summed E-state index contributed by atoms with van der Waals surface area (Å²) in [6.07, 6.45) is 4.10. The molecule has 35 heavy (non-hydrogen) atoms. The van der Waals surface area contributed by atoms with E-state index in [1.54, 1.807) is 37.3 Å². The molecule has 0 bridgehead atoms. The molecule has 1 aromatic heterocycles. The lowest BCUT2D eigenvalue weighted by Gasteiger charge is -2.24. The van der Waals surface area contributed by atoms with Gasteiger partial charge in [0.15, 0.2) is 0 Å². The maximum atomic E-state index is 13.2. The molecule has 3 aromatic rings. The van der Waals surface area contributed by atoms with Crippen molar-refractivity contribution in [2.75, 3.05) is 4.72 Å². The number of hydrogen-bond acceptors (Lipinski definition) is 5. The third-order valence-electron chi connectivity index (χ3n) is 6.33. The van der Waals surface area contributed by atoms with Gasteiger partial charge in [-0.2, -0.15) is 0 Å². The van der Waals surface area contributed by atoms with Crippen LogP contribution in [0.3, 0.4) is 0 Å². The van der Waals surface area contributed by atoms with Crippen molar-refractivity contribution < 1.29 is 13.2 Å². The summed E-state index contributed by atoms with van der Waals surface area (Å²) in [7, 11) is -3.83. The SMILES string of the molecule is Cc1ncc2c(n1)CC[C@H](NC(=O)c1cccc(NS(=O)(=O)c3cc(C(C)(C)C)ccc3C)c1)C2. The zero-order chi connectivity index (χ0) is 25.4. The van der Waals surface area contributed by atoms with Gasteiger partial charge in [0.2, 0.25) is 0 Å². The topological polar surface area (TPSA) is 101 Å². The van der Waals surface area contributed by atoms with Gasteiger partial charge in [-0.05, 0) is 79.5 Å². The predicted octanol–water partition coefficient (Wildman–Crippen LogP) is 4.48. The highest BCUT2D eigenvalue weighted by Gasteiger charge is 2.24. The van der Waals surface area contributed by atoms with Gasteiger partial charge >= 0.3 is 0 Å². The fraction of sp³-hybridized carbons (Fsp3) is 0.370. The van der Waals surface area contributed by atoms with E-state index < -0.39 is 10.0 Å². The lowest BCUT2D eigenvalue weighted by atomic mass is 9.87. The molecule has 4 rings (SSSR count). The molecule has 0 saturated heterocycles. The normalized spacial score (nSPS) is 15.9. The predicted molar refractivity (Wildman–Crippen MR) is 137 cm³/mol. The molecular formula is C27H32N4O3S. The smallest absolute Gasteiger partial charge is 0.262 e. The fourth-order valence-electron chi connectivity index (χ4n) is 4.29. The minimum Gasteiger partial charge on any atom is -0.349 e. The molecule has 0 radical (unpaired) electrons. The average Bonchev–Trinajstić information content (AvgIpc) is 2.78. The van der Waals surface area contributed by atoms with E-state index in [1.165, 1.54) is 0 Å². The van der Waals surface area contributed by atoms with Crippen molar-refractivity contribution in [3.05, 3.63) is 82.4 Å². The highest BCUT2D eigenvalue weighted by Crippen LogP contribution is 2.28. The summed E-state index contributed by atoms with van der Waals surface area (Å²) in [5.41, 5.74) is 4.27. The van der Waals surface area contributed by atoms with Gasteiger partial charge in [0.1, 0.15) is 5.82 Å².